The van der Waals surface area contributed by atoms with Crippen LogP contribution in [0.25, 0.3) is 0 Å². The number of primary amides is 1. The van der Waals surface area contributed by atoms with Gasteiger partial charge in [0, 0.05) is 17.6 Å². The van der Waals surface area contributed by atoms with Crippen molar-refractivity contribution in [3.63, 3.8) is 0 Å². The molecule has 1 aromatic heterocycles. The Morgan fingerprint density at radius 2 is 1.80 bits per heavy atom. The number of anilines is 1. The highest BCUT2D eigenvalue weighted by molar-refractivity contribution is 7.98. The number of hydrogen-bond donors (Lipinski definition) is 3. The molecule has 4 N–H and O–H groups in total. The van der Waals surface area contributed by atoms with Gasteiger partial charge in [-0.05, 0) is 54.4 Å². The Bertz CT molecular complexity index is 1030. The zero-order chi connectivity index (χ0) is 21.5. The van der Waals surface area contributed by atoms with Crippen LogP contribution in [0.4, 0.5) is 14.9 Å². The molecule has 0 radical (unpaired) electrons. The summed E-state index contributed by atoms with van der Waals surface area (Å²) in [7, 11) is 0. The Hall–Kier alpha value is -3.39. The number of hydrogen-bond acceptors (Lipinski definition) is 4. The number of amides is 3. The highest BCUT2D eigenvalue weighted by atomic mass is 32.2. The highest BCUT2D eigenvalue weighted by Gasteiger charge is 2.16. The molecular formula is C22H21FN4O2S. The summed E-state index contributed by atoms with van der Waals surface area (Å²) < 4.78 is 13.1. The quantitative estimate of drug-likeness (QED) is 0.487. The third-order valence-electron chi connectivity index (χ3n) is 4.33. The van der Waals surface area contributed by atoms with Crippen molar-refractivity contribution in [1.29, 1.82) is 0 Å². The average molecular weight is 425 g/mol. The molecule has 3 rings (SSSR count). The molecule has 3 aromatic rings. The van der Waals surface area contributed by atoms with E-state index < -0.39 is 6.03 Å². The second-order valence-corrected chi connectivity index (χ2v) is 7.54. The molecule has 154 valence electrons. The summed E-state index contributed by atoms with van der Waals surface area (Å²) in [5, 5.41) is 6.06. The molecule has 1 atom stereocenters. The van der Waals surface area contributed by atoms with Crippen LogP contribution in [-0.2, 0) is 5.75 Å². The Morgan fingerprint density at radius 1 is 1.10 bits per heavy atom. The monoisotopic (exact) mass is 424 g/mol. The first-order valence-electron chi connectivity index (χ1n) is 9.22. The van der Waals surface area contributed by atoms with Crippen molar-refractivity contribution >= 4 is 29.4 Å². The minimum absolute atomic E-state index is 0.239. The standard InChI is InChI=1S/C22H21FN4O2S/c1-14(16-6-10-18(11-7-16)27-22(24)29)26-20(28)19-3-2-12-25-21(19)30-13-15-4-8-17(23)9-5-15/h2-12,14H,13H2,1H3,(H,26,28)(H3,24,27,29). The lowest BCUT2D eigenvalue weighted by atomic mass is 10.1. The maximum atomic E-state index is 13.1. The largest absolute Gasteiger partial charge is 0.351 e. The SMILES string of the molecule is CC(NC(=O)c1cccnc1SCc1ccc(F)cc1)c1ccc(NC(N)=O)cc1. The van der Waals surface area contributed by atoms with Crippen LogP contribution >= 0.6 is 11.8 Å². The predicted octanol–water partition coefficient (Wildman–Crippen LogP) is 4.49. The summed E-state index contributed by atoms with van der Waals surface area (Å²) in [6.07, 6.45) is 1.64. The fraction of sp³-hybridized carbons (Fsp3) is 0.136. The molecule has 0 spiro atoms. The van der Waals surface area contributed by atoms with E-state index in [1.165, 1.54) is 23.9 Å². The Morgan fingerprint density at radius 3 is 2.47 bits per heavy atom. The van der Waals surface area contributed by atoms with Crippen molar-refractivity contribution in [2.45, 2.75) is 23.7 Å². The Kier molecular flexibility index (Phi) is 7.03. The van der Waals surface area contributed by atoms with E-state index >= 15 is 0 Å². The number of nitrogens with one attached hydrogen (secondary N) is 2. The lowest BCUT2D eigenvalue weighted by Crippen LogP contribution is -2.27. The van der Waals surface area contributed by atoms with E-state index in [1.807, 2.05) is 19.1 Å². The van der Waals surface area contributed by atoms with Crippen LogP contribution < -0.4 is 16.4 Å². The van der Waals surface area contributed by atoms with E-state index in [2.05, 4.69) is 15.6 Å². The van der Waals surface area contributed by atoms with E-state index in [1.54, 1.807) is 42.6 Å². The first-order chi connectivity index (χ1) is 14.4. The molecule has 8 heteroatoms. The molecule has 0 aliphatic rings. The number of urea groups is 1. The number of rotatable bonds is 7. The molecule has 6 nitrogen and oxygen atoms in total. The van der Waals surface area contributed by atoms with Gasteiger partial charge in [-0.3, -0.25) is 4.79 Å². The molecule has 0 aliphatic heterocycles. The predicted molar refractivity (Wildman–Crippen MR) is 116 cm³/mol. The zero-order valence-corrected chi connectivity index (χ0v) is 17.1. The molecule has 0 fully saturated rings. The van der Waals surface area contributed by atoms with Crippen molar-refractivity contribution in [3.05, 3.63) is 89.4 Å². The summed E-state index contributed by atoms with van der Waals surface area (Å²) in [4.78, 5) is 28.1. The van der Waals surface area contributed by atoms with Crippen molar-refractivity contribution in [1.82, 2.24) is 10.3 Å². The van der Waals surface area contributed by atoms with Gasteiger partial charge in [0.1, 0.15) is 10.8 Å². The van der Waals surface area contributed by atoms with Crippen LogP contribution in [0.5, 0.6) is 0 Å². The normalized spacial score (nSPS) is 11.5. The third-order valence-corrected chi connectivity index (χ3v) is 5.41. The zero-order valence-electron chi connectivity index (χ0n) is 16.3. The van der Waals surface area contributed by atoms with Gasteiger partial charge in [-0.15, -0.1) is 11.8 Å². The van der Waals surface area contributed by atoms with Gasteiger partial charge in [-0.1, -0.05) is 24.3 Å². The van der Waals surface area contributed by atoms with Crippen molar-refractivity contribution in [2.24, 2.45) is 5.73 Å². The van der Waals surface area contributed by atoms with Crippen molar-refractivity contribution in [3.8, 4) is 0 Å². The van der Waals surface area contributed by atoms with Gasteiger partial charge >= 0.3 is 6.03 Å². The summed E-state index contributed by atoms with van der Waals surface area (Å²) in [5.41, 5.74) is 7.98. The minimum Gasteiger partial charge on any atom is -0.351 e. The van der Waals surface area contributed by atoms with Gasteiger partial charge in [-0.25, -0.2) is 14.2 Å². The van der Waals surface area contributed by atoms with Crippen LogP contribution in [0.3, 0.4) is 0 Å². The number of aromatic nitrogens is 1. The van der Waals surface area contributed by atoms with Crippen LogP contribution in [0.1, 0.15) is 34.5 Å². The molecule has 2 aromatic carbocycles. The van der Waals surface area contributed by atoms with E-state index in [0.29, 0.717) is 22.0 Å². The fourth-order valence-corrected chi connectivity index (χ4v) is 3.71. The van der Waals surface area contributed by atoms with Gasteiger partial charge in [0.15, 0.2) is 0 Å². The molecule has 1 heterocycles. The molecule has 3 amide bonds. The smallest absolute Gasteiger partial charge is 0.316 e. The van der Waals surface area contributed by atoms with Crippen LogP contribution in [0.2, 0.25) is 0 Å². The van der Waals surface area contributed by atoms with Crippen molar-refractivity contribution < 1.29 is 14.0 Å². The molecular weight excluding hydrogens is 403 g/mol. The molecule has 30 heavy (non-hydrogen) atoms. The van der Waals surface area contributed by atoms with E-state index in [0.717, 1.165) is 11.1 Å². The lowest BCUT2D eigenvalue weighted by Gasteiger charge is -2.16. The molecule has 0 bridgehead atoms. The summed E-state index contributed by atoms with van der Waals surface area (Å²) in [5.74, 6) is 0.0483. The number of halogens is 1. The van der Waals surface area contributed by atoms with E-state index in [9.17, 15) is 14.0 Å². The number of carbonyl (C=O) groups excluding carboxylic acids is 2. The van der Waals surface area contributed by atoms with Gasteiger partial charge < -0.3 is 16.4 Å². The fourth-order valence-electron chi connectivity index (χ4n) is 2.77. The van der Waals surface area contributed by atoms with Crippen LogP contribution in [0.15, 0.2) is 71.9 Å². The maximum Gasteiger partial charge on any atom is 0.316 e. The summed E-state index contributed by atoms with van der Waals surface area (Å²) in [6, 6.07) is 15.9. The summed E-state index contributed by atoms with van der Waals surface area (Å²) >= 11 is 1.42. The average Bonchev–Trinajstić information content (AvgIpc) is 2.73. The second kappa shape index (κ2) is 9.89. The highest BCUT2D eigenvalue weighted by Crippen LogP contribution is 2.25. The van der Waals surface area contributed by atoms with Gasteiger partial charge in [0.25, 0.3) is 5.91 Å². The third kappa shape index (κ3) is 5.81. The van der Waals surface area contributed by atoms with E-state index in [-0.39, 0.29) is 17.8 Å². The first-order valence-corrected chi connectivity index (χ1v) is 10.2. The number of benzene rings is 2. The van der Waals surface area contributed by atoms with Crippen LogP contribution in [-0.4, -0.2) is 16.9 Å². The van der Waals surface area contributed by atoms with Crippen LogP contribution in [0, 0.1) is 5.82 Å². The van der Waals surface area contributed by atoms with E-state index in [4.69, 9.17) is 5.73 Å². The molecule has 0 aliphatic carbocycles. The minimum atomic E-state index is -0.633. The lowest BCUT2D eigenvalue weighted by molar-refractivity contribution is 0.0936. The molecule has 0 saturated heterocycles. The molecule has 0 saturated carbocycles. The molecule has 1 unspecified atom stereocenters. The first kappa shape index (κ1) is 21.3. The number of thioether (sulfide) groups is 1. The second-order valence-electron chi connectivity index (χ2n) is 6.58. The number of carbonyl (C=O) groups is 2. The summed E-state index contributed by atoms with van der Waals surface area (Å²) in [6.45, 7) is 1.87. The van der Waals surface area contributed by atoms with Gasteiger partial charge in [-0.2, -0.15) is 0 Å². The number of nitrogens with zero attached hydrogens (tertiary/aromatic N) is 1. The number of nitrogens with two attached hydrogens (primary N) is 1. The topological polar surface area (TPSA) is 97.1 Å². The Balaban J connectivity index is 1.66. The Labute approximate surface area is 178 Å². The maximum absolute atomic E-state index is 13.1. The number of pyridine rings is 1. The van der Waals surface area contributed by atoms with Crippen molar-refractivity contribution in [2.75, 3.05) is 5.32 Å². The van der Waals surface area contributed by atoms with Gasteiger partial charge in [0.2, 0.25) is 0 Å². The van der Waals surface area contributed by atoms with Gasteiger partial charge in [0.05, 0.1) is 11.6 Å².